The van der Waals surface area contributed by atoms with Crippen molar-refractivity contribution in [3.8, 4) is 0 Å². The van der Waals surface area contributed by atoms with Gasteiger partial charge in [-0.15, -0.1) is 0 Å². The number of benzene rings is 2. The van der Waals surface area contributed by atoms with Gasteiger partial charge in [0.25, 0.3) is 5.91 Å². The molecule has 2 rings (SSSR count). The zero-order valence-electron chi connectivity index (χ0n) is 13.2. The number of nitrogens with zero attached hydrogens (tertiary/aromatic N) is 1. The van der Waals surface area contributed by atoms with Crippen LogP contribution in [0, 0.1) is 5.82 Å². The Kier molecular flexibility index (Phi) is 6.32. The first-order valence-corrected chi connectivity index (χ1v) is 7.74. The van der Waals surface area contributed by atoms with Crippen LogP contribution in [0.4, 0.5) is 4.39 Å². The van der Waals surface area contributed by atoms with E-state index < -0.39 is 11.8 Å². The van der Waals surface area contributed by atoms with E-state index in [4.69, 9.17) is 11.6 Å². The van der Waals surface area contributed by atoms with Crippen molar-refractivity contribution in [1.29, 1.82) is 0 Å². The summed E-state index contributed by atoms with van der Waals surface area (Å²) in [5.74, 6) is -1.14. The summed E-state index contributed by atoms with van der Waals surface area (Å²) < 4.78 is 17.7. The van der Waals surface area contributed by atoms with Crippen molar-refractivity contribution in [2.45, 2.75) is 13.0 Å². The number of ether oxygens (including phenoxy) is 1. The second-order valence-electron chi connectivity index (χ2n) is 5.15. The molecule has 0 saturated heterocycles. The second-order valence-corrected chi connectivity index (χ2v) is 5.56. The number of rotatable bonds is 6. The third-order valence-corrected chi connectivity index (χ3v) is 3.88. The minimum Gasteiger partial charge on any atom is -0.469 e. The van der Waals surface area contributed by atoms with Crippen molar-refractivity contribution in [2.24, 2.45) is 0 Å². The summed E-state index contributed by atoms with van der Waals surface area (Å²) in [6.45, 7) is 0.418. The second kappa shape index (κ2) is 8.45. The van der Waals surface area contributed by atoms with Gasteiger partial charge >= 0.3 is 5.97 Å². The molecular formula is C18H17ClFNO3. The molecule has 0 atom stereocenters. The van der Waals surface area contributed by atoms with E-state index in [1.807, 2.05) is 12.1 Å². The van der Waals surface area contributed by atoms with Crippen molar-refractivity contribution in [3.63, 3.8) is 0 Å². The lowest BCUT2D eigenvalue weighted by Gasteiger charge is -2.23. The average Bonchev–Trinajstić information content (AvgIpc) is 2.59. The van der Waals surface area contributed by atoms with Crippen molar-refractivity contribution in [3.05, 3.63) is 70.5 Å². The van der Waals surface area contributed by atoms with Crippen LogP contribution < -0.4 is 0 Å². The van der Waals surface area contributed by atoms with Gasteiger partial charge in [0.1, 0.15) is 5.82 Å². The molecular weight excluding hydrogens is 333 g/mol. The van der Waals surface area contributed by atoms with E-state index >= 15 is 0 Å². The molecule has 4 nitrogen and oxygen atoms in total. The van der Waals surface area contributed by atoms with Crippen molar-refractivity contribution in [2.75, 3.05) is 13.7 Å². The molecule has 2 aromatic carbocycles. The lowest BCUT2D eigenvalue weighted by molar-refractivity contribution is -0.140. The maximum absolute atomic E-state index is 13.0. The first kappa shape index (κ1) is 17.9. The zero-order valence-corrected chi connectivity index (χ0v) is 13.9. The molecule has 0 unspecified atom stereocenters. The normalized spacial score (nSPS) is 10.3. The van der Waals surface area contributed by atoms with Crippen molar-refractivity contribution in [1.82, 2.24) is 4.90 Å². The van der Waals surface area contributed by atoms with E-state index in [9.17, 15) is 14.0 Å². The van der Waals surface area contributed by atoms with Gasteiger partial charge in [-0.05, 0) is 35.9 Å². The van der Waals surface area contributed by atoms with Crippen LogP contribution in [-0.2, 0) is 16.1 Å². The number of amides is 1. The molecule has 1 amide bonds. The van der Waals surface area contributed by atoms with Gasteiger partial charge in [0.15, 0.2) is 0 Å². The fourth-order valence-corrected chi connectivity index (χ4v) is 2.38. The Morgan fingerprint density at radius 2 is 1.79 bits per heavy atom. The minimum absolute atomic E-state index is 0.0634. The molecule has 126 valence electrons. The topological polar surface area (TPSA) is 46.6 Å². The van der Waals surface area contributed by atoms with E-state index in [1.54, 1.807) is 12.1 Å². The number of halogens is 2. The molecule has 0 aliphatic heterocycles. The minimum atomic E-state index is -0.418. The Hall–Kier alpha value is -2.40. The van der Waals surface area contributed by atoms with E-state index in [0.29, 0.717) is 10.6 Å². The summed E-state index contributed by atoms with van der Waals surface area (Å²) >= 11 is 6.15. The van der Waals surface area contributed by atoms with Crippen LogP contribution >= 0.6 is 11.6 Å². The highest BCUT2D eigenvalue weighted by molar-refractivity contribution is 6.31. The molecule has 0 saturated carbocycles. The smallest absolute Gasteiger partial charge is 0.307 e. The van der Waals surface area contributed by atoms with Crippen LogP contribution in [0.15, 0.2) is 48.5 Å². The van der Waals surface area contributed by atoms with Crippen LogP contribution in [-0.4, -0.2) is 30.4 Å². The summed E-state index contributed by atoms with van der Waals surface area (Å²) in [4.78, 5) is 25.6. The van der Waals surface area contributed by atoms with Gasteiger partial charge in [0.05, 0.1) is 13.5 Å². The molecule has 0 N–H and O–H groups in total. The summed E-state index contributed by atoms with van der Waals surface area (Å²) in [6, 6.07) is 12.4. The van der Waals surface area contributed by atoms with Crippen LogP contribution in [0.5, 0.6) is 0 Å². The van der Waals surface area contributed by atoms with Crippen LogP contribution in [0.1, 0.15) is 22.3 Å². The summed E-state index contributed by atoms with van der Waals surface area (Å²) in [5, 5.41) is 0.535. The molecule has 24 heavy (non-hydrogen) atoms. The third kappa shape index (κ3) is 4.80. The Balaban J connectivity index is 2.21. The molecule has 0 aromatic heterocycles. The maximum Gasteiger partial charge on any atom is 0.307 e. The van der Waals surface area contributed by atoms with Gasteiger partial charge in [-0.3, -0.25) is 9.59 Å². The molecule has 2 aromatic rings. The van der Waals surface area contributed by atoms with E-state index in [2.05, 4.69) is 4.74 Å². The highest BCUT2D eigenvalue weighted by Crippen LogP contribution is 2.19. The maximum atomic E-state index is 13.0. The lowest BCUT2D eigenvalue weighted by Crippen LogP contribution is -2.33. The average molecular weight is 350 g/mol. The largest absolute Gasteiger partial charge is 0.469 e. The third-order valence-electron chi connectivity index (χ3n) is 3.51. The first-order valence-electron chi connectivity index (χ1n) is 7.36. The molecule has 0 spiro atoms. The van der Waals surface area contributed by atoms with Gasteiger partial charge in [0, 0.05) is 23.7 Å². The standard InChI is InChI=1S/C18H17ClFNO3/c1-24-17(22)10-11-21(12-14-4-2-3-5-16(14)19)18(23)13-6-8-15(20)9-7-13/h2-9H,10-12H2,1H3. The highest BCUT2D eigenvalue weighted by Gasteiger charge is 2.18. The number of hydrogen-bond donors (Lipinski definition) is 0. The molecule has 0 radical (unpaired) electrons. The Labute approximate surface area is 144 Å². The number of esters is 1. The van der Waals surface area contributed by atoms with Gasteiger partial charge < -0.3 is 9.64 Å². The first-order chi connectivity index (χ1) is 11.5. The highest BCUT2D eigenvalue weighted by atomic mass is 35.5. The SMILES string of the molecule is COC(=O)CCN(Cc1ccccc1Cl)C(=O)c1ccc(F)cc1. The monoisotopic (exact) mass is 349 g/mol. The van der Waals surface area contributed by atoms with Gasteiger partial charge in [-0.25, -0.2) is 4.39 Å². The molecule has 0 fully saturated rings. The number of methoxy groups -OCH3 is 1. The Morgan fingerprint density at radius 3 is 2.42 bits per heavy atom. The quantitative estimate of drug-likeness (QED) is 0.747. The molecule has 0 bridgehead atoms. The predicted octanol–water partition coefficient (Wildman–Crippen LogP) is 3.68. The van der Waals surface area contributed by atoms with Gasteiger partial charge in [0.2, 0.25) is 0 Å². The fraction of sp³-hybridized carbons (Fsp3) is 0.222. The number of carbonyl (C=O) groups is 2. The molecule has 6 heteroatoms. The molecule has 0 aliphatic carbocycles. The van der Waals surface area contributed by atoms with Crippen LogP contribution in [0.3, 0.4) is 0 Å². The van der Waals surface area contributed by atoms with E-state index in [0.717, 1.165) is 5.56 Å². The zero-order chi connectivity index (χ0) is 17.5. The van der Waals surface area contributed by atoms with Crippen LogP contribution in [0.25, 0.3) is 0 Å². The predicted molar refractivity (Wildman–Crippen MR) is 89.2 cm³/mol. The fourth-order valence-electron chi connectivity index (χ4n) is 2.19. The summed E-state index contributed by atoms with van der Waals surface area (Å²) in [5.41, 5.74) is 1.10. The Bertz CT molecular complexity index is 718. The number of carbonyl (C=O) groups excluding carboxylic acids is 2. The van der Waals surface area contributed by atoms with Crippen molar-refractivity contribution >= 4 is 23.5 Å². The lowest BCUT2D eigenvalue weighted by atomic mass is 10.1. The molecule has 0 heterocycles. The van der Waals surface area contributed by atoms with Gasteiger partial charge in [-0.2, -0.15) is 0 Å². The van der Waals surface area contributed by atoms with E-state index in [-0.39, 0.29) is 25.4 Å². The van der Waals surface area contributed by atoms with Gasteiger partial charge in [-0.1, -0.05) is 29.8 Å². The Morgan fingerprint density at radius 1 is 1.12 bits per heavy atom. The number of hydrogen-bond acceptors (Lipinski definition) is 3. The molecule has 0 aliphatic rings. The van der Waals surface area contributed by atoms with Crippen molar-refractivity contribution < 1.29 is 18.7 Å². The summed E-state index contributed by atoms with van der Waals surface area (Å²) in [6.07, 6.45) is 0.0634. The van der Waals surface area contributed by atoms with Crippen LogP contribution in [0.2, 0.25) is 5.02 Å². The summed E-state index contributed by atoms with van der Waals surface area (Å²) in [7, 11) is 1.29. The van der Waals surface area contributed by atoms with E-state index in [1.165, 1.54) is 36.3 Å².